The zero-order valence-electron chi connectivity index (χ0n) is 10.1. The fraction of sp³-hybridized carbons (Fsp3) is 0.133. The van der Waals surface area contributed by atoms with Gasteiger partial charge in [-0.05, 0) is 37.1 Å². The number of hydrogen-bond donors (Lipinski definition) is 0. The highest BCUT2D eigenvalue weighted by atomic mass is 19.1. The van der Waals surface area contributed by atoms with Crippen LogP contribution in [0.25, 0.3) is 0 Å². The molecular formula is C15H12F2O. The standard InChI is InChI=1S/C15H12F2O/c1-9-4-3-5-10(2)14(9)15(18)11-6-12(16)8-13(17)7-11/h3-8H,1-2H3. The molecule has 0 spiro atoms. The molecule has 0 aliphatic rings. The first-order chi connectivity index (χ1) is 8.49. The normalized spacial score (nSPS) is 10.4. The van der Waals surface area contributed by atoms with Crippen LogP contribution < -0.4 is 0 Å². The fourth-order valence-corrected chi connectivity index (χ4v) is 2.00. The van der Waals surface area contributed by atoms with Gasteiger partial charge >= 0.3 is 0 Å². The van der Waals surface area contributed by atoms with Crippen molar-refractivity contribution in [2.24, 2.45) is 0 Å². The topological polar surface area (TPSA) is 17.1 Å². The number of ketones is 1. The molecule has 1 nitrogen and oxygen atoms in total. The van der Waals surface area contributed by atoms with Gasteiger partial charge in [-0.25, -0.2) is 8.78 Å². The lowest BCUT2D eigenvalue weighted by molar-refractivity contribution is 0.103. The summed E-state index contributed by atoms with van der Waals surface area (Å²) < 4.78 is 26.2. The summed E-state index contributed by atoms with van der Waals surface area (Å²) in [6.45, 7) is 3.60. The van der Waals surface area contributed by atoms with Crippen LogP contribution in [0.1, 0.15) is 27.0 Å². The summed E-state index contributed by atoms with van der Waals surface area (Å²) in [7, 11) is 0. The summed E-state index contributed by atoms with van der Waals surface area (Å²) in [6.07, 6.45) is 0. The number of halogens is 2. The number of aryl methyl sites for hydroxylation is 2. The Labute approximate surface area is 104 Å². The van der Waals surface area contributed by atoms with E-state index in [0.29, 0.717) is 5.56 Å². The van der Waals surface area contributed by atoms with Crippen LogP contribution in [0.5, 0.6) is 0 Å². The third-order valence-electron chi connectivity index (χ3n) is 2.83. The second kappa shape index (κ2) is 4.69. The number of benzene rings is 2. The van der Waals surface area contributed by atoms with E-state index in [-0.39, 0.29) is 11.3 Å². The average molecular weight is 246 g/mol. The molecule has 0 saturated heterocycles. The lowest BCUT2D eigenvalue weighted by Gasteiger charge is -2.08. The van der Waals surface area contributed by atoms with Crippen molar-refractivity contribution in [1.29, 1.82) is 0 Å². The average Bonchev–Trinajstić information content (AvgIpc) is 2.27. The highest BCUT2D eigenvalue weighted by molar-refractivity contribution is 6.10. The highest BCUT2D eigenvalue weighted by Gasteiger charge is 2.15. The molecule has 0 radical (unpaired) electrons. The summed E-state index contributed by atoms with van der Waals surface area (Å²) in [5.41, 5.74) is 2.13. The van der Waals surface area contributed by atoms with E-state index in [9.17, 15) is 13.6 Å². The zero-order valence-corrected chi connectivity index (χ0v) is 10.1. The van der Waals surface area contributed by atoms with Crippen LogP contribution in [0, 0.1) is 25.5 Å². The second-order valence-corrected chi connectivity index (χ2v) is 4.25. The Morgan fingerprint density at radius 3 is 1.94 bits per heavy atom. The third-order valence-corrected chi connectivity index (χ3v) is 2.83. The van der Waals surface area contributed by atoms with Gasteiger partial charge in [-0.2, -0.15) is 0 Å². The van der Waals surface area contributed by atoms with Crippen molar-refractivity contribution in [1.82, 2.24) is 0 Å². The van der Waals surface area contributed by atoms with Crippen molar-refractivity contribution in [2.75, 3.05) is 0 Å². The van der Waals surface area contributed by atoms with Crippen LogP contribution in [0.2, 0.25) is 0 Å². The molecule has 2 rings (SSSR count). The molecule has 0 aliphatic heterocycles. The van der Waals surface area contributed by atoms with Crippen LogP contribution in [0.3, 0.4) is 0 Å². The number of carbonyl (C=O) groups excluding carboxylic acids is 1. The molecule has 0 heterocycles. The molecule has 0 aromatic heterocycles. The van der Waals surface area contributed by atoms with Gasteiger partial charge in [-0.3, -0.25) is 4.79 Å². The minimum absolute atomic E-state index is 0.0323. The van der Waals surface area contributed by atoms with Crippen LogP contribution in [-0.4, -0.2) is 5.78 Å². The largest absolute Gasteiger partial charge is 0.289 e. The Morgan fingerprint density at radius 1 is 0.944 bits per heavy atom. The van der Waals surface area contributed by atoms with Crippen molar-refractivity contribution < 1.29 is 13.6 Å². The molecule has 0 bridgehead atoms. The van der Waals surface area contributed by atoms with E-state index in [2.05, 4.69) is 0 Å². The minimum atomic E-state index is -0.746. The van der Waals surface area contributed by atoms with Gasteiger partial charge in [0.25, 0.3) is 0 Å². The Morgan fingerprint density at radius 2 is 1.44 bits per heavy atom. The molecule has 0 aliphatic carbocycles. The van der Waals surface area contributed by atoms with E-state index < -0.39 is 11.6 Å². The fourth-order valence-electron chi connectivity index (χ4n) is 2.00. The number of carbonyl (C=O) groups is 1. The highest BCUT2D eigenvalue weighted by Crippen LogP contribution is 2.19. The predicted octanol–water partition coefficient (Wildman–Crippen LogP) is 3.81. The zero-order chi connectivity index (χ0) is 13.3. The van der Waals surface area contributed by atoms with Crippen molar-refractivity contribution in [3.05, 3.63) is 70.3 Å². The van der Waals surface area contributed by atoms with E-state index in [0.717, 1.165) is 29.3 Å². The molecule has 18 heavy (non-hydrogen) atoms. The summed E-state index contributed by atoms with van der Waals surface area (Å²) >= 11 is 0. The summed E-state index contributed by atoms with van der Waals surface area (Å²) in [5.74, 6) is -1.85. The molecule has 0 unspecified atom stereocenters. The van der Waals surface area contributed by atoms with E-state index in [1.54, 1.807) is 26.0 Å². The Hall–Kier alpha value is -2.03. The van der Waals surface area contributed by atoms with Crippen molar-refractivity contribution >= 4 is 5.78 Å². The Bertz CT molecular complexity index is 577. The minimum Gasteiger partial charge on any atom is -0.289 e. The quantitative estimate of drug-likeness (QED) is 0.736. The SMILES string of the molecule is Cc1cccc(C)c1C(=O)c1cc(F)cc(F)c1. The molecule has 0 fully saturated rings. The molecule has 92 valence electrons. The molecule has 2 aromatic rings. The molecule has 0 atom stereocenters. The maximum atomic E-state index is 13.1. The van der Waals surface area contributed by atoms with E-state index >= 15 is 0 Å². The van der Waals surface area contributed by atoms with Crippen molar-refractivity contribution in [3.63, 3.8) is 0 Å². The van der Waals surface area contributed by atoms with Crippen LogP contribution in [-0.2, 0) is 0 Å². The van der Waals surface area contributed by atoms with Gasteiger partial charge in [0.05, 0.1) is 0 Å². The predicted molar refractivity (Wildman–Crippen MR) is 65.7 cm³/mol. The van der Waals surface area contributed by atoms with Gasteiger partial charge in [0, 0.05) is 17.2 Å². The van der Waals surface area contributed by atoms with Crippen molar-refractivity contribution in [3.8, 4) is 0 Å². The van der Waals surface area contributed by atoms with E-state index in [1.165, 1.54) is 0 Å². The Kier molecular flexibility index (Phi) is 3.24. The lowest BCUT2D eigenvalue weighted by Crippen LogP contribution is -2.07. The van der Waals surface area contributed by atoms with Gasteiger partial charge < -0.3 is 0 Å². The molecule has 0 amide bonds. The molecular weight excluding hydrogens is 234 g/mol. The molecule has 2 aromatic carbocycles. The summed E-state index contributed by atoms with van der Waals surface area (Å²) in [4.78, 5) is 12.3. The van der Waals surface area contributed by atoms with Crippen LogP contribution in [0.15, 0.2) is 36.4 Å². The van der Waals surface area contributed by atoms with Gasteiger partial charge in [0.1, 0.15) is 11.6 Å². The Balaban J connectivity index is 2.55. The monoisotopic (exact) mass is 246 g/mol. The maximum absolute atomic E-state index is 13.1. The van der Waals surface area contributed by atoms with Crippen LogP contribution >= 0.6 is 0 Å². The molecule has 0 N–H and O–H groups in total. The first-order valence-corrected chi connectivity index (χ1v) is 5.56. The van der Waals surface area contributed by atoms with E-state index in [1.807, 2.05) is 6.07 Å². The van der Waals surface area contributed by atoms with Crippen molar-refractivity contribution in [2.45, 2.75) is 13.8 Å². The van der Waals surface area contributed by atoms with Gasteiger partial charge in [0.15, 0.2) is 5.78 Å². The lowest BCUT2D eigenvalue weighted by atomic mass is 9.95. The first kappa shape index (κ1) is 12.4. The number of hydrogen-bond acceptors (Lipinski definition) is 1. The van der Waals surface area contributed by atoms with Crippen LogP contribution in [0.4, 0.5) is 8.78 Å². The first-order valence-electron chi connectivity index (χ1n) is 5.56. The molecule has 3 heteroatoms. The van der Waals surface area contributed by atoms with Gasteiger partial charge in [0.2, 0.25) is 0 Å². The van der Waals surface area contributed by atoms with Gasteiger partial charge in [-0.15, -0.1) is 0 Å². The number of rotatable bonds is 2. The van der Waals surface area contributed by atoms with Gasteiger partial charge in [-0.1, -0.05) is 18.2 Å². The smallest absolute Gasteiger partial charge is 0.193 e. The second-order valence-electron chi connectivity index (χ2n) is 4.25. The summed E-state index contributed by atoms with van der Waals surface area (Å²) in [6, 6.07) is 8.30. The third kappa shape index (κ3) is 2.30. The molecule has 0 saturated carbocycles. The maximum Gasteiger partial charge on any atom is 0.193 e. The summed E-state index contributed by atoms with van der Waals surface area (Å²) in [5, 5.41) is 0. The van der Waals surface area contributed by atoms with E-state index in [4.69, 9.17) is 0 Å².